The summed E-state index contributed by atoms with van der Waals surface area (Å²) in [6, 6.07) is 5.75. The monoisotopic (exact) mass is 275 g/mol. The van der Waals surface area contributed by atoms with Gasteiger partial charge in [0.15, 0.2) is 5.82 Å². The number of hydrogen-bond acceptors (Lipinski definition) is 5. The minimum Gasteiger partial charge on any atom is -0.377 e. The van der Waals surface area contributed by atoms with Crippen LogP contribution in [0.25, 0.3) is 11.5 Å². The molecule has 5 heteroatoms. The zero-order chi connectivity index (χ0) is 14.7. The third kappa shape index (κ3) is 3.43. The summed E-state index contributed by atoms with van der Waals surface area (Å²) < 4.78 is 10.8. The van der Waals surface area contributed by atoms with Gasteiger partial charge in [0.05, 0.1) is 18.8 Å². The van der Waals surface area contributed by atoms with E-state index in [1.807, 2.05) is 39.8 Å². The number of benzene rings is 1. The van der Waals surface area contributed by atoms with Crippen LogP contribution in [0.3, 0.4) is 0 Å². The fraction of sp³-hybridized carbons (Fsp3) is 0.467. The molecule has 0 aliphatic carbocycles. The number of ether oxygens (including phenoxy) is 1. The van der Waals surface area contributed by atoms with E-state index in [1.54, 1.807) is 0 Å². The summed E-state index contributed by atoms with van der Waals surface area (Å²) in [7, 11) is 0. The van der Waals surface area contributed by atoms with Crippen LogP contribution in [0.2, 0.25) is 0 Å². The normalized spacial score (nSPS) is 12.9. The smallest absolute Gasteiger partial charge is 0.258 e. The first-order chi connectivity index (χ1) is 9.47. The second-order valence-electron chi connectivity index (χ2n) is 5.26. The van der Waals surface area contributed by atoms with Gasteiger partial charge in [0.1, 0.15) is 0 Å². The van der Waals surface area contributed by atoms with Crippen molar-refractivity contribution in [3.05, 3.63) is 35.2 Å². The van der Waals surface area contributed by atoms with E-state index in [2.05, 4.69) is 16.2 Å². The van der Waals surface area contributed by atoms with E-state index in [0.29, 0.717) is 18.3 Å². The molecule has 0 saturated heterocycles. The molecule has 0 aliphatic heterocycles. The molecule has 20 heavy (non-hydrogen) atoms. The minimum atomic E-state index is -0.375. The Morgan fingerprint density at radius 3 is 2.75 bits per heavy atom. The Hall–Kier alpha value is -1.72. The zero-order valence-corrected chi connectivity index (χ0v) is 12.4. The fourth-order valence-corrected chi connectivity index (χ4v) is 1.83. The molecular formula is C15H21N3O2. The Morgan fingerprint density at radius 2 is 2.05 bits per heavy atom. The van der Waals surface area contributed by atoms with E-state index in [1.165, 1.54) is 0 Å². The summed E-state index contributed by atoms with van der Waals surface area (Å²) in [5, 5.41) is 3.95. The average Bonchev–Trinajstić information content (AvgIpc) is 2.88. The first-order valence-corrected chi connectivity index (χ1v) is 6.75. The Balaban J connectivity index is 2.18. The maximum atomic E-state index is 5.99. The molecule has 1 heterocycles. The Kier molecular flexibility index (Phi) is 4.52. The van der Waals surface area contributed by atoms with Crippen molar-refractivity contribution < 1.29 is 9.26 Å². The van der Waals surface area contributed by atoms with Crippen molar-refractivity contribution in [2.24, 2.45) is 5.73 Å². The Morgan fingerprint density at radius 1 is 1.30 bits per heavy atom. The van der Waals surface area contributed by atoms with Crippen LogP contribution >= 0.6 is 0 Å². The van der Waals surface area contributed by atoms with Crippen LogP contribution in [0.5, 0.6) is 0 Å². The average molecular weight is 275 g/mol. The highest BCUT2D eigenvalue weighted by Gasteiger charge is 2.17. The molecule has 1 unspecified atom stereocenters. The minimum absolute atomic E-state index is 0.131. The standard InChI is InChI=1S/C15H21N3O2/c1-9(2)19-8-13(16)14-17-15(20-18-14)12-7-10(3)5-6-11(12)4/h5-7,9,13H,8,16H2,1-4H3. The van der Waals surface area contributed by atoms with Gasteiger partial charge < -0.3 is 15.0 Å². The second kappa shape index (κ2) is 6.15. The quantitative estimate of drug-likeness (QED) is 0.908. The summed E-state index contributed by atoms with van der Waals surface area (Å²) in [6.07, 6.45) is 0.131. The number of hydrogen-bond donors (Lipinski definition) is 1. The van der Waals surface area contributed by atoms with E-state index in [0.717, 1.165) is 16.7 Å². The second-order valence-corrected chi connectivity index (χ2v) is 5.26. The molecule has 0 amide bonds. The van der Waals surface area contributed by atoms with Crippen LogP contribution in [0, 0.1) is 13.8 Å². The molecule has 5 nitrogen and oxygen atoms in total. The first kappa shape index (κ1) is 14.7. The van der Waals surface area contributed by atoms with Gasteiger partial charge in [-0.15, -0.1) is 0 Å². The van der Waals surface area contributed by atoms with Crippen LogP contribution < -0.4 is 5.73 Å². The molecule has 2 N–H and O–H groups in total. The maximum Gasteiger partial charge on any atom is 0.258 e. The lowest BCUT2D eigenvalue weighted by molar-refractivity contribution is 0.0665. The Bertz CT molecular complexity index is 578. The number of rotatable bonds is 5. The van der Waals surface area contributed by atoms with Crippen molar-refractivity contribution in [3.8, 4) is 11.5 Å². The van der Waals surface area contributed by atoms with Crippen LogP contribution in [0.1, 0.15) is 36.8 Å². The number of aryl methyl sites for hydroxylation is 2. The predicted molar refractivity (Wildman–Crippen MR) is 77.2 cm³/mol. The van der Waals surface area contributed by atoms with Gasteiger partial charge in [0.2, 0.25) is 0 Å². The van der Waals surface area contributed by atoms with Gasteiger partial charge in [-0.1, -0.05) is 22.9 Å². The molecule has 1 aromatic carbocycles. The molecule has 0 radical (unpaired) electrons. The van der Waals surface area contributed by atoms with Gasteiger partial charge in [0.25, 0.3) is 5.89 Å². The van der Waals surface area contributed by atoms with Gasteiger partial charge in [0, 0.05) is 5.56 Å². The van der Waals surface area contributed by atoms with E-state index < -0.39 is 0 Å². The maximum absolute atomic E-state index is 5.99. The predicted octanol–water partition coefficient (Wildman–Crippen LogP) is 2.78. The van der Waals surface area contributed by atoms with Crippen molar-refractivity contribution in [1.29, 1.82) is 0 Å². The lowest BCUT2D eigenvalue weighted by Crippen LogP contribution is -2.20. The largest absolute Gasteiger partial charge is 0.377 e. The molecule has 0 saturated carbocycles. The van der Waals surface area contributed by atoms with Crippen LogP contribution in [0.4, 0.5) is 0 Å². The molecule has 0 spiro atoms. The van der Waals surface area contributed by atoms with E-state index in [-0.39, 0.29) is 12.1 Å². The zero-order valence-electron chi connectivity index (χ0n) is 12.4. The summed E-state index contributed by atoms with van der Waals surface area (Å²) >= 11 is 0. The SMILES string of the molecule is Cc1ccc(C)c(-c2nc(C(N)COC(C)C)no2)c1. The van der Waals surface area contributed by atoms with E-state index in [4.69, 9.17) is 15.0 Å². The van der Waals surface area contributed by atoms with Gasteiger partial charge >= 0.3 is 0 Å². The molecule has 0 bridgehead atoms. The van der Waals surface area contributed by atoms with Gasteiger partial charge in [-0.3, -0.25) is 0 Å². The van der Waals surface area contributed by atoms with Crippen molar-refractivity contribution in [3.63, 3.8) is 0 Å². The summed E-state index contributed by atoms with van der Waals surface area (Å²) in [4.78, 5) is 4.38. The van der Waals surface area contributed by atoms with E-state index >= 15 is 0 Å². The first-order valence-electron chi connectivity index (χ1n) is 6.75. The highest BCUT2D eigenvalue weighted by Crippen LogP contribution is 2.23. The fourth-order valence-electron chi connectivity index (χ4n) is 1.83. The molecular weight excluding hydrogens is 254 g/mol. The highest BCUT2D eigenvalue weighted by molar-refractivity contribution is 5.59. The molecule has 0 aliphatic rings. The highest BCUT2D eigenvalue weighted by atomic mass is 16.5. The molecule has 108 valence electrons. The van der Waals surface area contributed by atoms with Crippen molar-refractivity contribution in [2.75, 3.05) is 6.61 Å². The summed E-state index contributed by atoms with van der Waals surface area (Å²) in [6.45, 7) is 8.35. The number of nitrogens with two attached hydrogens (primary N) is 1. The molecule has 2 aromatic rings. The van der Waals surface area contributed by atoms with Gasteiger partial charge in [-0.2, -0.15) is 4.98 Å². The van der Waals surface area contributed by atoms with Crippen molar-refractivity contribution >= 4 is 0 Å². The summed E-state index contributed by atoms with van der Waals surface area (Å²) in [5.74, 6) is 0.975. The topological polar surface area (TPSA) is 74.2 Å². The van der Waals surface area contributed by atoms with Crippen LogP contribution in [-0.4, -0.2) is 22.9 Å². The van der Waals surface area contributed by atoms with Crippen molar-refractivity contribution in [2.45, 2.75) is 39.8 Å². The van der Waals surface area contributed by atoms with Crippen LogP contribution in [0.15, 0.2) is 22.7 Å². The summed E-state index contributed by atoms with van der Waals surface area (Å²) in [5.41, 5.74) is 9.18. The van der Waals surface area contributed by atoms with Crippen molar-refractivity contribution in [1.82, 2.24) is 10.1 Å². The molecule has 1 atom stereocenters. The van der Waals surface area contributed by atoms with Gasteiger partial charge in [-0.05, 0) is 39.3 Å². The molecule has 2 rings (SSSR count). The molecule has 1 aromatic heterocycles. The third-order valence-corrected chi connectivity index (χ3v) is 3.01. The lowest BCUT2D eigenvalue weighted by Gasteiger charge is -2.10. The third-order valence-electron chi connectivity index (χ3n) is 3.01. The Labute approximate surface area is 119 Å². The molecule has 0 fully saturated rings. The lowest BCUT2D eigenvalue weighted by atomic mass is 10.1. The van der Waals surface area contributed by atoms with E-state index in [9.17, 15) is 0 Å². The number of nitrogens with zero attached hydrogens (tertiary/aromatic N) is 2. The number of aromatic nitrogens is 2. The van der Waals surface area contributed by atoms with Gasteiger partial charge in [-0.25, -0.2) is 0 Å². The van der Waals surface area contributed by atoms with Crippen LogP contribution in [-0.2, 0) is 4.74 Å².